The van der Waals surface area contributed by atoms with Crippen molar-refractivity contribution in [3.63, 3.8) is 0 Å². The van der Waals surface area contributed by atoms with Gasteiger partial charge in [0.15, 0.2) is 0 Å². The van der Waals surface area contributed by atoms with Gasteiger partial charge in [0.2, 0.25) is 0 Å². The Kier molecular flexibility index (Phi) is 4.98. The van der Waals surface area contributed by atoms with Crippen molar-refractivity contribution in [2.75, 3.05) is 32.7 Å². The number of hydrogen-bond donors (Lipinski definition) is 1. The topological polar surface area (TPSA) is 52.7 Å². The number of piperazine rings is 1. The molecule has 0 aromatic heterocycles. The SMILES string of the molecule is CC(C)N(CC(F)(F)F)S(=O)(=O)N1CCNCC1. The molecule has 1 aliphatic heterocycles. The summed E-state index contributed by atoms with van der Waals surface area (Å²) in [6, 6.07) is -0.730. The summed E-state index contributed by atoms with van der Waals surface area (Å²) < 4.78 is 63.1. The van der Waals surface area contributed by atoms with Crippen LogP contribution in [0, 0.1) is 0 Å². The maximum absolute atomic E-state index is 12.4. The van der Waals surface area contributed by atoms with E-state index in [0.29, 0.717) is 17.4 Å². The van der Waals surface area contributed by atoms with E-state index >= 15 is 0 Å². The van der Waals surface area contributed by atoms with Gasteiger partial charge in [0.1, 0.15) is 6.54 Å². The van der Waals surface area contributed by atoms with Crippen molar-refractivity contribution >= 4 is 10.2 Å². The van der Waals surface area contributed by atoms with Crippen molar-refractivity contribution in [2.45, 2.75) is 26.1 Å². The van der Waals surface area contributed by atoms with Crippen LogP contribution in [0.3, 0.4) is 0 Å². The monoisotopic (exact) mass is 289 g/mol. The standard InChI is InChI=1S/C9H18F3N3O2S/c1-8(2)15(7-9(10,11)12)18(16,17)14-5-3-13-4-6-14/h8,13H,3-7H2,1-2H3. The lowest BCUT2D eigenvalue weighted by Crippen LogP contribution is -2.55. The van der Waals surface area contributed by atoms with Crippen LogP contribution in [0.5, 0.6) is 0 Å². The first-order valence-corrected chi connectivity index (χ1v) is 7.08. The van der Waals surface area contributed by atoms with E-state index in [0.717, 1.165) is 4.31 Å². The van der Waals surface area contributed by atoms with Gasteiger partial charge in [-0.15, -0.1) is 0 Å². The van der Waals surface area contributed by atoms with Gasteiger partial charge in [-0.2, -0.15) is 30.2 Å². The molecule has 1 aliphatic rings. The molecule has 1 rings (SSSR count). The fraction of sp³-hybridized carbons (Fsp3) is 1.00. The molecule has 0 atom stereocenters. The highest BCUT2D eigenvalue weighted by Gasteiger charge is 2.40. The van der Waals surface area contributed by atoms with Crippen molar-refractivity contribution in [2.24, 2.45) is 0 Å². The Morgan fingerprint density at radius 1 is 1.28 bits per heavy atom. The normalized spacial score (nSPS) is 19.7. The Morgan fingerprint density at radius 2 is 1.78 bits per heavy atom. The minimum atomic E-state index is -4.54. The van der Waals surface area contributed by atoms with Gasteiger partial charge in [0.25, 0.3) is 10.2 Å². The Hall–Kier alpha value is -0.380. The largest absolute Gasteiger partial charge is 0.402 e. The first-order chi connectivity index (χ1) is 8.14. The van der Waals surface area contributed by atoms with Crippen molar-refractivity contribution in [3.05, 3.63) is 0 Å². The van der Waals surface area contributed by atoms with Crippen LogP contribution in [0.1, 0.15) is 13.8 Å². The van der Waals surface area contributed by atoms with Crippen molar-refractivity contribution in [1.82, 2.24) is 13.9 Å². The van der Waals surface area contributed by atoms with E-state index in [1.807, 2.05) is 0 Å². The molecule has 9 heteroatoms. The average molecular weight is 289 g/mol. The molecule has 1 saturated heterocycles. The zero-order valence-corrected chi connectivity index (χ0v) is 11.2. The molecule has 0 radical (unpaired) electrons. The molecule has 0 aliphatic carbocycles. The first kappa shape index (κ1) is 15.7. The Balaban J connectivity index is 2.89. The Bertz CT molecular complexity index is 364. The van der Waals surface area contributed by atoms with Gasteiger partial charge < -0.3 is 5.32 Å². The second-order valence-electron chi connectivity index (χ2n) is 4.41. The van der Waals surface area contributed by atoms with Gasteiger partial charge in [0, 0.05) is 32.2 Å². The molecule has 1 fully saturated rings. The number of alkyl halides is 3. The molecule has 18 heavy (non-hydrogen) atoms. The summed E-state index contributed by atoms with van der Waals surface area (Å²) in [5, 5.41) is 2.96. The molecule has 0 aromatic carbocycles. The highest BCUT2D eigenvalue weighted by atomic mass is 32.2. The van der Waals surface area contributed by atoms with E-state index in [-0.39, 0.29) is 13.1 Å². The molecule has 0 aromatic rings. The van der Waals surface area contributed by atoms with E-state index in [2.05, 4.69) is 5.32 Å². The smallest absolute Gasteiger partial charge is 0.314 e. The quantitative estimate of drug-likeness (QED) is 0.815. The van der Waals surface area contributed by atoms with Crippen molar-refractivity contribution in [3.8, 4) is 0 Å². The molecular formula is C9H18F3N3O2S. The lowest BCUT2D eigenvalue weighted by molar-refractivity contribution is -0.139. The molecule has 1 heterocycles. The highest BCUT2D eigenvalue weighted by Crippen LogP contribution is 2.22. The van der Waals surface area contributed by atoms with Gasteiger partial charge >= 0.3 is 6.18 Å². The van der Waals surface area contributed by atoms with Crippen LogP contribution in [0.4, 0.5) is 13.2 Å². The molecule has 5 nitrogen and oxygen atoms in total. The summed E-state index contributed by atoms with van der Waals surface area (Å²) in [6.45, 7) is 2.73. The molecule has 0 amide bonds. The minimum absolute atomic E-state index is 0.198. The fourth-order valence-electron chi connectivity index (χ4n) is 1.73. The molecule has 0 bridgehead atoms. The average Bonchev–Trinajstić information content (AvgIpc) is 2.25. The zero-order chi connectivity index (χ0) is 14.0. The Labute approximate surface area is 105 Å². The van der Waals surface area contributed by atoms with Crippen LogP contribution in [-0.2, 0) is 10.2 Å². The van der Waals surface area contributed by atoms with Crippen LogP contribution < -0.4 is 5.32 Å². The van der Waals surface area contributed by atoms with Crippen LogP contribution in [0.2, 0.25) is 0 Å². The van der Waals surface area contributed by atoms with Crippen LogP contribution in [0.25, 0.3) is 0 Å². The first-order valence-electron chi connectivity index (χ1n) is 5.69. The molecular weight excluding hydrogens is 271 g/mol. The summed E-state index contributed by atoms with van der Waals surface area (Å²) in [4.78, 5) is 0. The Morgan fingerprint density at radius 3 is 2.17 bits per heavy atom. The van der Waals surface area contributed by atoms with Crippen molar-refractivity contribution in [1.29, 1.82) is 0 Å². The predicted molar refractivity (Wildman–Crippen MR) is 61.3 cm³/mol. The summed E-state index contributed by atoms with van der Waals surface area (Å²) in [7, 11) is -4.05. The number of nitrogens with zero attached hydrogens (tertiary/aromatic N) is 2. The maximum atomic E-state index is 12.4. The maximum Gasteiger partial charge on any atom is 0.402 e. The lowest BCUT2D eigenvalue weighted by Gasteiger charge is -2.34. The number of nitrogens with one attached hydrogen (secondary N) is 1. The van der Waals surface area contributed by atoms with Gasteiger partial charge in [-0.3, -0.25) is 0 Å². The fourth-order valence-corrected chi connectivity index (χ4v) is 3.51. The minimum Gasteiger partial charge on any atom is -0.314 e. The van der Waals surface area contributed by atoms with Gasteiger partial charge in [-0.25, -0.2) is 0 Å². The molecule has 1 N–H and O–H groups in total. The van der Waals surface area contributed by atoms with Gasteiger partial charge in [-0.05, 0) is 13.8 Å². The van der Waals surface area contributed by atoms with Crippen molar-refractivity contribution < 1.29 is 21.6 Å². The number of hydrogen-bond acceptors (Lipinski definition) is 3. The summed E-state index contributed by atoms with van der Waals surface area (Å²) >= 11 is 0. The lowest BCUT2D eigenvalue weighted by atomic mass is 10.4. The second kappa shape index (κ2) is 5.72. The molecule has 108 valence electrons. The molecule has 0 unspecified atom stereocenters. The van der Waals surface area contributed by atoms with Gasteiger partial charge in [0.05, 0.1) is 0 Å². The molecule has 0 spiro atoms. The van der Waals surface area contributed by atoms with E-state index < -0.39 is 29.0 Å². The van der Waals surface area contributed by atoms with Crippen LogP contribution >= 0.6 is 0 Å². The predicted octanol–water partition coefficient (Wildman–Crippen LogP) is 0.409. The van der Waals surface area contributed by atoms with Crippen LogP contribution in [0.15, 0.2) is 0 Å². The van der Waals surface area contributed by atoms with Crippen LogP contribution in [-0.4, -0.2) is 62.0 Å². The highest BCUT2D eigenvalue weighted by molar-refractivity contribution is 7.86. The molecule has 0 saturated carbocycles. The number of halogens is 3. The zero-order valence-electron chi connectivity index (χ0n) is 10.4. The third kappa shape index (κ3) is 4.08. The number of rotatable bonds is 4. The van der Waals surface area contributed by atoms with E-state index in [4.69, 9.17) is 0 Å². The summed E-state index contributed by atoms with van der Waals surface area (Å²) in [5.74, 6) is 0. The van der Waals surface area contributed by atoms with Gasteiger partial charge in [-0.1, -0.05) is 0 Å². The second-order valence-corrected chi connectivity index (χ2v) is 6.29. The van der Waals surface area contributed by atoms with E-state index in [1.54, 1.807) is 0 Å². The third-order valence-electron chi connectivity index (χ3n) is 2.61. The summed E-state index contributed by atoms with van der Waals surface area (Å²) in [5.41, 5.74) is 0. The summed E-state index contributed by atoms with van der Waals surface area (Å²) in [6.07, 6.45) is -4.54. The van der Waals surface area contributed by atoms with E-state index in [9.17, 15) is 21.6 Å². The van der Waals surface area contributed by atoms with E-state index in [1.165, 1.54) is 13.8 Å². The third-order valence-corrected chi connectivity index (χ3v) is 4.77.